The van der Waals surface area contributed by atoms with Crippen LogP contribution in [0.25, 0.3) is 0 Å². The van der Waals surface area contributed by atoms with Gasteiger partial charge in [0.1, 0.15) is 12.2 Å². The van der Waals surface area contributed by atoms with E-state index < -0.39 is 0 Å². The van der Waals surface area contributed by atoms with Crippen molar-refractivity contribution in [3.63, 3.8) is 0 Å². The Bertz CT molecular complexity index is 338. The van der Waals surface area contributed by atoms with Crippen LogP contribution in [0.4, 0.5) is 0 Å². The van der Waals surface area contributed by atoms with Gasteiger partial charge in [-0.25, -0.2) is 0 Å². The summed E-state index contributed by atoms with van der Waals surface area (Å²) in [7, 11) is 1.94. The molecule has 1 saturated carbocycles. The first-order valence-corrected chi connectivity index (χ1v) is 5.96. The lowest BCUT2D eigenvalue weighted by Gasteiger charge is -2.30. The maximum atomic E-state index is 9.88. The Morgan fingerprint density at radius 1 is 1.50 bits per heavy atom. The average molecular weight is 224 g/mol. The van der Waals surface area contributed by atoms with Crippen molar-refractivity contribution in [1.82, 2.24) is 20.1 Å². The second-order valence-electron chi connectivity index (χ2n) is 4.65. The zero-order chi connectivity index (χ0) is 11.5. The molecule has 1 aliphatic rings. The second kappa shape index (κ2) is 4.93. The van der Waals surface area contributed by atoms with E-state index in [4.69, 9.17) is 0 Å². The van der Waals surface area contributed by atoms with Gasteiger partial charge < -0.3 is 15.0 Å². The molecule has 1 fully saturated rings. The summed E-state index contributed by atoms with van der Waals surface area (Å²) in [4.78, 5) is 0. The third-order valence-corrected chi connectivity index (χ3v) is 3.33. The molecule has 5 nitrogen and oxygen atoms in total. The number of aliphatic hydroxyl groups is 1. The van der Waals surface area contributed by atoms with Crippen molar-refractivity contribution in [1.29, 1.82) is 0 Å². The van der Waals surface area contributed by atoms with Crippen molar-refractivity contribution in [2.45, 2.75) is 50.8 Å². The lowest BCUT2D eigenvalue weighted by Crippen LogP contribution is -2.43. The van der Waals surface area contributed by atoms with E-state index in [1.807, 2.05) is 11.6 Å². The Kier molecular flexibility index (Phi) is 3.56. The van der Waals surface area contributed by atoms with Crippen molar-refractivity contribution in [2.24, 2.45) is 7.05 Å². The molecule has 2 N–H and O–H groups in total. The summed E-state index contributed by atoms with van der Waals surface area (Å²) in [6, 6.07) is 0.325. The highest BCUT2D eigenvalue weighted by Gasteiger charge is 2.25. The van der Waals surface area contributed by atoms with Crippen LogP contribution in [0, 0.1) is 0 Å². The summed E-state index contributed by atoms with van der Waals surface area (Å²) < 4.78 is 1.91. The van der Waals surface area contributed by atoms with Gasteiger partial charge in [0.15, 0.2) is 0 Å². The van der Waals surface area contributed by atoms with Crippen molar-refractivity contribution < 1.29 is 5.11 Å². The zero-order valence-corrected chi connectivity index (χ0v) is 9.93. The predicted octanol–water partition coefficient (Wildman–Crippen LogP) is 0.769. The van der Waals surface area contributed by atoms with Gasteiger partial charge in [0, 0.05) is 13.1 Å². The van der Waals surface area contributed by atoms with Crippen LogP contribution in [0.5, 0.6) is 0 Å². The van der Waals surface area contributed by atoms with E-state index in [1.54, 1.807) is 6.33 Å². The maximum Gasteiger partial charge on any atom is 0.149 e. The predicted molar refractivity (Wildman–Crippen MR) is 60.8 cm³/mol. The molecule has 0 bridgehead atoms. The fourth-order valence-corrected chi connectivity index (χ4v) is 2.39. The van der Waals surface area contributed by atoms with E-state index in [2.05, 4.69) is 22.4 Å². The molecule has 0 radical (unpaired) electrons. The molecule has 2 rings (SSSR count). The van der Waals surface area contributed by atoms with Gasteiger partial charge >= 0.3 is 0 Å². The molecule has 0 amide bonds. The molecule has 5 heteroatoms. The molecule has 16 heavy (non-hydrogen) atoms. The molecule has 1 aromatic heterocycles. The Labute approximate surface area is 95.9 Å². The van der Waals surface area contributed by atoms with E-state index in [-0.39, 0.29) is 18.2 Å². The van der Waals surface area contributed by atoms with Crippen LogP contribution in [0.3, 0.4) is 0 Å². The summed E-state index contributed by atoms with van der Waals surface area (Å²) in [6.45, 7) is 2.06. The second-order valence-corrected chi connectivity index (χ2v) is 4.65. The van der Waals surface area contributed by atoms with Gasteiger partial charge in [-0.05, 0) is 19.8 Å². The molecule has 0 spiro atoms. The molecule has 1 aliphatic carbocycles. The molecule has 0 saturated heterocycles. The van der Waals surface area contributed by atoms with Gasteiger partial charge in [-0.2, -0.15) is 0 Å². The van der Waals surface area contributed by atoms with Crippen LogP contribution in [-0.4, -0.2) is 32.0 Å². The van der Waals surface area contributed by atoms with Crippen molar-refractivity contribution >= 4 is 0 Å². The van der Waals surface area contributed by atoms with Crippen LogP contribution >= 0.6 is 0 Å². The lowest BCUT2D eigenvalue weighted by molar-refractivity contribution is 0.0852. The zero-order valence-electron chi connectivity index (χ0n) is 9.93. The van der Waals surface area contributed by atoms with Crippen LogP contribution in [0.15, 0.2) is 6.33 Å². The Morgan fingerprint density at radius 2 is 2.25 bits per heavy atom. The average Bonchev–Trinajstić information content (AvgIpc) is 2.68. The number of hydrogen-bond acceptors (Lipinski definition) is 4. The summed E-state index contributed by atoms with van der Waals surface area (Å²) in [5, 5.41) is 21.3. The molecule has 1 heterocycles. The summed E-state index contributed by atoms with van der Waals surface area (Å²) in [5.74, 6) is 0.915. The van der Waals surface area contributed by atoms with Gasteiger partial charge in [0.25, 0.3) is 0 Å². The first-order chi connectivity index (χ1) is 7.68. The van der Waals surface area contributed by atoms with E-state index in [0.29, 0.717) is 0 Å². The largest absolute Gasteiger partial charge is 0.392 e. The van der Waals surface area contributed by atoms with Crippen LogP contribution in [0.1, 0.15) is 44.5 Å². The lowest BCUT2D eigenvalue weighted by atomic mass is 9.92. The SMILES string of the molecule is CC(N[C@H]1CCCC[C@@H]1O)c1nncn1C. The van der Waals surface area contributed by atoms with Crippen LogP contribution in [-0.2, 0) is 7.05 Å². The van der Waals surface area contributed by atoms with Crippen molar-refractivity contribution in [3.8, 4) is 0 Å². The van der Waals surface area contributed by atoms with Gasteiger partial charge in [-0.15, -0.1) is 10.2 Å². The minimum atomic E-state index is -0.218. The van der Waals surface area contributed by atoms with E-state index in [0.717, 1.165) is 25.1 Å². The molecular weight excluding hydrogens is 204 g/mol. The first-order valence-electron chi connectivity index (χ1n) is 5.96. The number of nitrogens with one attached hydrogen (secondary N) is 1. The highest BCUT2D eigenvalue weighted by atomic mass is 16.3. The highest BCUT2D eigenvalue weighted by Crippen LogP contribution is 2.21. The topological polar surface area (TPSA) is 63.0 Å². The summed E-state index contributed by atoms with van der Waals surface area (Å²) in [5.41, 5.74) is 0. The van der Waals surface area contributed by atoms with Gasteiger partial charge in [0.05, 0.1) is 12.1 Å². The summed E-state index contributed by atoms with van der Waals surface area (Å²) in [6.07, 6.45) is 5.76. The Balaban J connectivity index is 1.96. The molecule has 0 aromatic carbocycles. The molecule has 90 valence electrons. The standard InChI is InChI=1S/C11H20N4O/c1-8(11-14-12-7-15(11)2)13-9-5-3-4-6-10(9)16/h7-10,13,16H,3-6H2,1-2H3/t8?,9-,10-/m0/s1. The van der Waals surface area contributed by atoms with Gasteiger partial charge in [0.2, 0.25) is 0 Å². The fraction of sp³-hybridized carbons (Fsp3) is 0.818. The number of rotatable bonds is 3. The minimum Gasteiger partial charge on any atom is -0.392 e. The Morgan fingerprint density at radius 3 is 2.88 bits per heavy atom. The third kappa shape index (κ3) is 2.41. The van der Waals surface area contributed by atoms with Gasteiger partial charge in [-0.1, -0.05) is 12.8 Å². The van der Waals surface area contributed by atoms with Crippen molar-refractivity contribution in [2.75, 3.05) is 0 Å². The molecule has 3 atom stereocenters. The highest BCUT2D eigenvalue weighted by molar-refractivity contribution is 4.94. The summed E-state index contributed by atoms with van der Waals surface area (Å²) >= 11 is 0. The molecular formula is C11H20N4O. The van der Waals surface area contributed by atoms with Crippen molar-refractivity contribution in [3.05, 3.63) is 12.2 Å². The smallest absolute Gasteiger partial charge is 0.149 e. The molecule has 1 aromatic rings. The minimum absolute atomic E-state index is 0.130. The number of aryl methyl sites for hydroxylation is 1. The Hall–Kier alpha value is -0.940. The van der Waals surface area contributed by atoms with E-state index in [1.165, 1.54) is 6.42 Å². The molecule has 0 aliphatic heterocycles. The van der Waals surface area contributed by atoms with Crippen LogP contribution in [0.2, 0.25) is 0 Å². The first kappa shape index (κ1) is 11.5. The van der Waals surface area contributed by atoms with E-state index >= 15 is 0 Å². The number of aromatic nitrogens is 3. The number of aliphatic hydroxyl groups excluding tert-OH is 1. The van der Waals surface area contributed by atoms with Gasteiger partial charge in [-0.3, -0.25) is 0 Å². The van der Waals surface area contributed by atoms with Crippen LogP contribution < -0.4 is 5.32 Å². The van der Waals surface area contributed by atoms with E-state index in [9.17, 15) is 5.11 Å². The monoisotopic (exact) mass is 224 g/mol. The molecule has 1 unspecified atom stereocenters. The normalized spacial score (nSPS) is 27.9. The third-order valence-electron chi connectivity index (χ3n) is 3.33. The quantitative estimate of drug-likeness (QED) is 0.796. The maximum absolute atomic E-state index is 9.88. The fourth-order valence-electron chi connectivity index (χ4n) is 2.39. The number of nitrogens with zero attached hydrogens (tertiary/aromatic N) is 3. The number of hydrogen-bond donors (Lipinski definition) is 2.